The van der Waals surface area contributed by atoms with Crippen molar-refractivity contribution in [3.63, 3.8) is 0 Å². The normalized spacial score (nSPS) is 16.4. The van der Waals surface area contributed by atoms with E-state index in [0.717, 1.165) is 27.1 Å². The third-order valence-corrected chi connectivity index (χ3v) is 9.70. The van der Waals surface area contributed by atoms with Gasteiger partial charge in [-0.1, -0.05) is 37.6 Å². The fourth-order valence-corrected chi connectivity index (χ4v) is 7.11. The van der Waals surface area contributed by atoms with Crippen LogP contribution in [0.5, 0.6) is 5.75 Å². The van der Waals surface area contributed by atoms with E-state index in [4.69, 9.17) is 10.5 Å². The molecule has 1 aliphatic rings. The molecule has 2 aromatic carbocycles. The lowest BCUT2D eigenvalue weighted by molar-refractivity contribution is -0.138. The second-order valence-electron chi connectivity index (χ2n) is 13.1. The van der Waals surface area contributed by atoms with E-state index in [1.54, 1.807) is 6.92 Å². The van der Waals surface area contributed by atoms with Gasteiger partial charge in [0.25, 0.3) is 0 Å². The molecular formula is C36H48N4O6S. The molecule has 0 saturated heterocycles. The minimum Gasteiger partial charge on any atom is -0.493 e. The van der Waals surface area contributed by atoms with Crippen LogP contribution < -0.4 is 21.1 Å². The van der Waals surface area contributed by atoms with Crippen molar-refractivity contribution >= 4 is 44.9 Å². The minimum absolute atomic E-state index is 0.0131. The number of aryl methyl sites for hydroxylation is 1. The lowest BCUT2D eigenvalue weighted by Crippen LogP contribution is -2.56. The quantitative estimate of drug-likeness (QED) is 0.151. The van der Waals surface area contributed by atoms with Crippen LogP contribution in [0.4, 0.5) is 0 Å². The summed E-state index contributed by atoms with van der Waals surface area (Å²) in [5, 5.41) is 17.7. The molecule has 0 spiro atoms. The van der Waals surface area contributed by atoms with Crippen molar-refractivity contribution in [3.05, 3.63) is 58.6 Å². The summed E-state index contributed by atoms with van der Waals surface area (Å²) < 4.78 is 6.74. The highest BCUT2D eigenvalue weighted by molar-refractivity contribution is 7.18. The summed E-state index contributed by atoms with van der Waals surface area (Å²) in [7, 11) is 0. The van der Waals surface area contributed by atoms with Crippen LogP contribution in [0, 0.1) is 18.8 Å². The predicted octanol–water partition coefficient (Wildman–Crippen LogP) is 4.73. The zero-order valence-corrected chi connectivity index (χ0v) is 28.7. The van der Waals surface area contributed by atoms with Crippen molar-refractivity contribution in [2.75, 3.05) is 13.2 Å². The largest absolute Gasteiger partial charge is 0.493 e. The van der Waals surface area contributed by atoms with Crippen LogP contribution in [0.3, 0.4) is 0 Å². The molecule has 0 fully saturated rings. The third kappa shape index (κ3) is 9.92. The predicted molar refractivity (Wildman–Crippen MR) is 183 cm³/mol. The molecule has 11 heteroatoms. The molecule has 0 saturated carbocycles. The number of Topliss-reactive ketones (excluding diaryl/α,β-unsaturated/α-hetero) is 2. The van der Waals surface area contributed by atoms with Gasteiger partial charge in [-0.15, -0.1) is 11.3 Å². The third-order valence-electron chi connectivity index (χ3n) is 8.66. The average Bonchev–Trinajstić information content (AvgIpc) is 3.43. The monoisotopic (exact) mass is 664 g/mol. The van der Waals surface area contributed by atoms with Crippen molar-refractivity contribution < 1.29 is 29.0 Å². The number of amides is 2. The molecular weight excluding hydrogens is 616 g/mol. The SMILES string of the molecule is CCC(=O)C[C@@H](Cc1nc2ccc(C)cc2s1)C(=O)N[C@H](C(=O)C[C@@H](CCCCN)C(=O)N[C@@H]1CCOc2ccccc21)C(C)(C)O. The number of ether oxygens (including phenoxy) is 1. The number of nitrogens with zero attached hydrogens (tertiary/aromatic N) is 1. The van der Waals surface area contributed by atoms with Crippen LogP contribution in [-0.2, 0) is 25.6 Å². The summed E-state index contributed by atoms with van der Waals surface area (Å²) in [6, 6.07) is 12.0. The molecule has 4 atom stereocenters. The zero-order chi connectivity index (χ0) is 34.1. The number of aromatic nitrogens is 1. The first kappa shape index (κ1) is 36.2. The zero-order valence-electron chi connectivity index (χ0n) is 27.8. The molecule has 0 aliphatic carbocycles. The van der Waals surface area contributed by atoms with E-state index in [9.17, 15) is 24.3 Å². The van der Waals surface area contributed by atoms with Gasteiger partial charge in [0.2, 0.25) is 11.8 Å². The highest BCUT2D eigenvalue weighted by Gasteiger charge is 2.38. The van der Waals surface area contributed by atoms with E-state index < -0.39 is 35.2 Å². The molecule has 2 amide bonds. The van der Waals surface area contributed by atoms with E-state index in [1.165, 1.54) is 25.2 Å². The Morgan fingerprint density at radius 2 is 1.85 bits per heavy atom. The maximum Gasteiger partial charge on any atom is 0.224 e. The number of para-hydroxylation sites is 1. The highest BCUT2D eigenvalue weighted by Crippen LogP contribution is 2.32. The number of carbonyl (C=O) groups is 4. The van der Waals surface area contributed by atoms with Crippen molar-refractivity contribution in [1.29, 1.82) is 0 Å². The number of unbranched alkanes of at least 4 members (excludes halogenated alkanes) is 1. The van der Waals surface area contributed by atoms with Gasteiger partial charge in [0.1, 0.15) is 17.6 Å². The Morgan fingerprint density at radius 1 is 1.09 bits per heavy atom. The number of rotatable bonds is 17. The maximum absolute atomic E-state index is 13.9. The molecule has 0 bridgehead atoms. The Kier molecular flexibility index (Phi) is 12.6. The average molecular weight is 665 g/mol. The number of carbonyl (C=O) groups excluding carboxylic acids is 4. The molecule has 47 heavy (non-hydrogen) atoms. The van der Waals surface area contributed by atoms with Crippen LogP contribution in [0.15, 0.2) is 42.5 Å². The van der Waals surface area contributed by atoms with E-state index in [2.05, 4.69) is 15.6 Å². The molecule has 1 aliphatic heterocycles. The van der Waals surface area contributed by atoms with Gasteiger partial charge in [-0.05, 0) is 63.9 Å². The summed E-state index contributed by atoms with van der Waals surface area (Å²) in [6.07, 6.45) is 2.68. The number of fused-ring (bicyclic) bond motifs is 2. The molecule has 5 N–H and O–H groups in total. The Hall–Kier alpha value is -3.67. The molecule has 4 rings (SSSR count). The number of benzene rings is 2. The molecule has 2 heterocycles. The van der Waals surface area contributed by atoms with Crippen LogP contribution in [0.2, 0.25) is 0 Å². The first-order valence-electron chi connectivity index (χ1n) is 16.5. The topological polar surface area (TPSA) is 161 Å². The van der Waals surface area contributed by atoms with Crippen molar-refractivity contribution in [2.45, 2.75) is 96.7 Å². The molecule has 0 radical (unpaired) electrons. The maximum atomic E-state index is 13.9. The number of ketones is 2. The Morgan fingerprint density at radius 3 is 2.57 bits per heavy atom. The number of nitrogens with one attached hydrogen (secondary N) is 2. The van der Waals surface area contributed by atoms with Gasteiger partial charge in [-0.2, -0.15) is 0 Å². The van der Waals surface area contributed by atoms with Crippen LogP contribution in [0.25, 0.3) is 10.2 Å². The first-order chi connectivity index (χ1) is 22.4. The number of hydrogen-bond acceptors (Lipinski definition) is 9. The van der Waals surface area contributed by atoms with Gasteiger partial charge in [-0.3, -0.25) is 19.2 Å². The molecule has 1 aromatic heterocycles. The fraction of sp³-hybridized carbons (Fsp3) is 0.528. The first-order valence-corrected chi connectivity index (χ1v) is 17.4. The van der Waals surface area contributed by atoms with Crippen LogP contribution in [0.1, 0.15) is 87.9 Å². The van der Waals surface area contributed by atoms with Crippen LogP contribution in [-0.4, -0.2) is 58.3 Å². The highest BCUT2D eigenvalue weighted by atomic mass is 32.1. The lowest BCUT2D eigenvalue weighted by atomic mass is 9.86. The fourth-order valence-electron chi connectivity index (χ4n) is 5.97. The second-order valence-corrected chi connectivity index (χ2v) is 14.2. The smallest absolute Gasteiger partial charge is 0.224 e. The number of hydrogen-bond donors (Lipinski definition) is 4. The Labute approximate surface area is 280 Å². The van der Waals surface area contributed by atoms with Crippen molar-refractivity contribution in [1.82, 2.24) is 15.6 Å². The van der Waals surface area contributed by atoms with Crippen molar-refractivity contribution in [3.8, 4) is 5.75 Å². The number of aliphatic hydroxyl groups is 1. The second kappa shape index (κ2) is 16.4. The summed E-state index contributed by atoms with van der Waals surface area (Å²) in [4.78, 5) is 58.6. The van der Waals surface area contributed by atoms with Gasteiger partial charge in [0, 0.05) is 43.6 Å². The lowest BCUT2D eigenvalue weighted by Gasteiger charge is -2.32. The van der Waals surface area contributed by atoms with Gasteiger partial charge >= 0.3 is 0 Å². The Balaban J connectivity index is 1.51. The minimum atomic E-state index is -1.63. The Bertz CT molecular complexity index is 1560. The summed E-state index contributed by atoms with van der Waals surface area (Å²) in [5.41, 5.74) is 6.90. The van der Waals surface area contributed by atoms with E-state index in [-0.39, 0.29) is 43.4 Å². The van der Waals surface area contributed by atoms with Crippen LogP contribution >= 0.6 is 11.3 Å². The number of thiazole rings is 1. The van der Waals surface area contributed by atoms with Gasteiger partial charge in [0.15, 0.2) is 5.78 Å². The summed E-state index contributed by atoms with van der Waals surface area (Å²) >= 11 is 1.47. The molecule has 3 aromatic rings. The van der Waals surface area contributed by atoms with E-state index in [0.29, 0.717) is 43.8 Å². The molecule has 10 nitrogen and oxygen atoms in total. The van der Waals surface area contributed by atoms with E-state index >= 15 is 0 Å². The molecule has 254 valence electrons. The number of nitrogens with two attached hydrogens (primary N) is 1. The van der Waals surface area contributed by atoms with Crippen molar-refractivity contribution in [2.24, 2.45) is 17.6 Å². The van der Waals surface area contributed by atoms with Gasteiger partial charge in [0.05, 0.1) is 39.4 Å². The summed E-state index contributed by atoms with van der Waals surface area (Å²) in [6.45, 7) is 7.59. The van der Waals surface area contributed by atoms with Gasteiger partial charge in [-0.25, -0.2) is 4.98 Å². The van der Waals surface area contributed by atoms with Gasteiger partial charge < -0.3 is 26.2 Å². The van der Waals surface area contributed by atoms with E-state index in [1.807, 2.05) is 49.4 Å². The molecule has 0 unspecified atom stereocenters. The summed E-state index contributed by atoms with van der Waals surface area (Å²) in [5.74, 6) is -2.06. The standard InChI is InChI=1S/C36H48N4O6S/c1-5-25(41)19-24(21-32-38-28-14-13-22(2)18-31(28)47-32)35(44)40-33(36(3,4)45)29(42)20-23(10-8-9-16-37)34(43)39-27-15-17-46-30-12-7-6-11-26(27)30/h6-7,11-14,18,23-24,27,33,45H,5,8-10,15-17,19-21,37H2,1-4H3,(H,39,43)(H,40,44)/t23-,24+,27-,33-/m1/s1.